The van der Waals surface area contributed by atoms with E-state index in [1.165, 1.54) is 24.3 Å². The topological polar surface area (TPSA) is 79.3 Å². The van der Waals surface area contributed by atoms with Crippen LogP contribution in [-0.4, -0.2) is 20.5 Å². The average molecular weight is 461 g/mol. The molecule has 6 nitrogen and oxygen atoms in total. The third-order valence-electron chi connectivity index (χ3n) is 4.80. The number of carbonyl (C=O) groups excluding carboxylic acids is 1. The van der Waals surface area contributed by atoms with E-state index in [0.717, 1.165) is 10.6 Å². The van der Waals surface area contributed by atoms with Crippen LogP contribution in [0.5, 0.6) is 0 Å². The molecule has 0 saturated heterocycles. The van der Waals surface area contributed by atoms with Crippen LogP contribution in [0, 0.1) is 0 Å². The minimum atomic E-state index is -4.75. The summed E-state index contributed by atoms with van der Waals surface area (Å²) in [5.74, 6) is -0.198. The Hall–Kier alpha value is -3.59. The van der Waals surface area contributed by atoms with E-state index in [4.69, 9.17) is 11.6 Å². The van der Waals surface area contributed by atoms with Gasteiger partial charge in [0.15, 0.2) is 5.65 Å². The number of carbonyl (C=O) groups is 1. The predicted octanol–water partition coefficient (Wildman–Crippen LogP) is 5.38. The second-order valence-electron chi connectivity index (χ2n) is 6.99. The van der Waals surface area contributed by atoms with Crippen molar-refractivity contribution >= 4 is 28.8 Å². The van der Waals surface area contributed by atoms with E-state index >= 15 is 0 Å². The number of aromatic amines is 1. The van der Waals surface area contributed by atoms with Crippen molar-refractivity contribution in [1.29, 1.82) is 0 Å². The van der Waals surface area contributed by atoms with Crippen molar-refractivity contribution < 1.29 is 18.0 Å². The number of anilines is 1. The number of fused-ring (bicyclic) bond motifs is 1. The van der Waals surface area contributed by atoms with Crippen molar-refractivity contribution in [2.45, 2.75) is 19.5 Å². The highest BCUT2D eigenvalue weighted by molar-refractivity contribution is 6.30. The van der Waals surface area contributed by atoms with Gasteiger partial charge < -0.3 is 5.32 Å². The summed E-state index contributed by atoms with van der Waals surface area (Å²) in [6, 6.07) is 13.5. The number of hydrogen-bond acceptors (Lipinski definition) is 3. The first-order chi connectivity index (χ1) is 15.2. The Morgan fingerprint density at radius 1 is 1.12 bits per heavy atom. The fraction of sp³-hybridized carbons (Fsp3) is 0.136. The second-order valence-corrected chi connectivity index (χ2v) is 7.42. The molecule has 2 N–H and O–H groups in total. The maximum atomic E-state index is 13.8. The fourth-order valence-corrected chi connectivity index (χ4v) is 3.41. The Bertz CT molecular complexity index is 1370. The van der Waals surface area contributed by atoms with Gasteiger partial charge >= 0.3 is 6.18 Å². The van der Waals surface area contributed by atoms with Crippen LogP contribution in [0.1, 0.15) is 19.0 Å². The molecule has 0 atom stereocenters. The molecule has 0 radical (unpaired) electrons. The van der Waals surface area contributed by atoms with E-state index in [-0.39, 0.29) is 34.8 Å². The summed E-state index contributed by atoms with van der Waals surface area (Å²) < 4.78 is 42.1. The monoisotopic (exact) mass is 460 g/mol. The van der Waals surface area contributed by atoms with Gasteiger partial charge in [0.05, 0.1) is 11.3 Å². The maximum Gasteiger partial charge on any atom is 0.433 e. The number of nitrogens with zero attached hydrogens (tertiary/aromatic N) is 2. The molecule has 2 aromatic heterocycles. The van der Waals surface area contributed by atoms with Gasteiger partial charge in [-0.3, -0.25) is 14.7 Å². The van der Waals surface area contributed by atoms with Crippen molar-refractivity contribution in [3.05, 3.63) is 75.7 Å². The normalized spacial score (nSPS) is 11.7. The highest BCUT2D eigenvalue weighted by Gasteiger charge is 2.38. The molecule has 4 aromatic rings. The number of hydrogen-bond donors (Lipinski definition) is 2. The average Bonchev–Trinajstić information content (AvgIpc) is 3.15. The van der Waals surface area contributed by atoms with Gasteiger partial charge in [0.2, 0.25) is 5.91 Å². The molecule has 0 spiro atoms. The zero-order valence-electron chi connectivity index (χ0n) is 16.6. The lowest BCUT2D eigenvalue weighted by Gasteiger charge is -2.08. The number of H-pyrrole nitrogens is 1. The van der Waals surface area contributed by atoms with Crippen LogP contribution in [-0.2, 0) is 11.0 Å². The molecule has 0 aliphatic rings. The van der Waals surface area contributed by atoms with Gasteiger partial charge in [-0.05, 0) is 29.8 Å². The van der Waals surface area contributed by atoms with Crippen LogP contribution in [0.4, 0.5) is 18.9 Å². The molecular formula is C22H16ClF3N4O2. The van der Waals surface area contributed by atoms with Gasteiger partial charge in [0, 0.05) is 28.8 Å². The standard InChI is InChI=1S/C22H16ClF3N4O2/c1-2-17(31)27-15-5-3-4-13(10-15)16-11-18(32)30-21(28-16)19(20(29-30)22(24,25)26)12-6-8-14(23)9-7-12/h3-11,29H,2H2,1H3,(H,27,31). The summed E-state index contributed by atoms with van der Waals surface area (Å²) in [5, 5.41) is 5.20. The number of alkyl halides is 3. The van der Waals surface area contributed by atoms with Crippen LogP contribution in [0.3, 0.4) is 0 Å². The number of aromatic nitrogens is 3. The molecular weight excluding hydrogens is 445 g/mol. The third kappa shape index (κ3) is 4.11. The minimum absolute atomic E-state index is 0.172. The molecule has 0 aliphatic carbocycles. The first-order valence-corrected chi connectivity index (χ1v) is 9.94. The van der Waals surface area contributed by atoms with Gasteiger partial charge in [0.25, 0.3) is 5.56 Å². The lowest BCUT2D eigenvalue weighted by atomic mass is 10.1. The Labute approximate surface area is 184 Å². The van der Waals surface area contributed by atoms with Crippen LogP contribution in [0.2, 0.25) is 5.02 Å². The highest BCUT2D eigenvalue weighted by Crippen LogP contribution is 2.38. The van der Waals surface area contributed by atoms with Gasteiger partial charge in [-0.1, -0.05) is 42.8 Å². The molecule has 2 heterocycles. The van der Waals surface area contributed by atoms with Crippen LogP contribution >= 0.6 is 11.6 Å². The van der Waals surface area contributed by atoms with Crippen LogP contribution in [0.15, 0.2) is 59.4 Å². The van der Waals surface area contributed by atoms with E-state index in [9.17, 15) is 22.8 Å². The molecule has 32 heavy (non-hydrogen) atoms. The van der Waals surface area contributed by atoms with Crippen molar-refractivity contribution in [2.24, 2.45) is 0 Å². The van der Waals surface area contributed by atoms with E-state index in [0.29, 0.717) is 16.3 Å². The molecule has 164 valence electrons. The second kappa shape index (κ2) is 8.16. The predicted molar refractivity (Wildman–Crippen MR) is 116 cm³/mol. The van der Waals surface area contributed by atoms with Crippen LogP contribution in [0.25, 0.3) is 28.0 Å². The molecule has 10 heteroatoms. The molecule has 0 aliphatic heterocycles. The summed E-state index contributed by atoms with van der Waals surface area (Å²) in [7, 11) is 0. The number of nitrogens with one attached hydrogen (secondary N) is 2. The third-order valence-corrected chi connectivity index (χ3v) is 5.05. The van der Waals surface area contributed by atoms with Crippen molar-refractivity contribution in [2.75, 3.05) is 5.32 Å². The van der Waals surface area contributed by atoms with Gasteiger partial charge in [-0.2, -0.15) is 13.2 Å². The van der Waals surface area contributed by atoms with Gasteiger partial charge in [-0.15, -0.1) is 0 Å². The molecule has 0 saturated carbocycles. The molecule has 1 amide bonds. The van der Waals surface area contributed by atoms with Crippen molar-refractivity contribution in [1.82, 2.24) is 14.6 Å². The fourth-order valence-electron chi connectivity index (χ4n) is 3.29. The lowest BCUT2D eigenvalue weighted by Crippen LogP contribution is -2.15. The zero-order valence-corrected chi connectivity index (χ0v) is 17.4. The molecule has 0 bridgehead atoms. The number of benzene rings is 2. The first kappa shape index (κ1) is 21.6. The van der Waals surface area contributed by atoms with E-state index in [1.807, 2.05) is 0 Å². The molecule has 0 fully saturated rings. The molecule has 0 unspecified atom stereocenters. The van der Waals surface area contributed by atoms with Crippen molar-refractivity contribution in [3.8, 4) is 22.4 Å². The van der Waals surface area contributed by atoms with Crippen molar-refractivity contribution in [3.63, 3.8) is 0 Å². The smallest absolute Gasteiger partial charge is 0.326 e. The summed E-state index contributed by atoms with van der Waals surface area (Å²) in [6.45, 7) is 1.71. The zero-order chi connectivity index (χ0) is 23.0. The largest absolute Gasteiger partial charge is 0.433 e. The maximum absolute atomic E-state index is 13.8. The summed E-state index contributed by atoms with van der Waals surface area (Å²) >= 11 is 5.88. The minimum Gasteiger partial charge on any atom is -0.326 e. The lowest BCUT2D eigenvalue weighted by molar-refractivity contribution is -0.140. The molecule has 4 rings (SSSR count). The highest BCUT2D eigenvalue weighted by atomic mass is 35.5. The number of amides is 1. The van der Waals surface area contributed by atoms with Gasteiger partial charge in [-0.25, -0.2) is 9.50 Å². The number of rotatable bonds is 4. The Balaban J connectivity index is 1.94. The first-order valence-electron chi connectivity index (χ1n) is 9.56. The Kier molecular flexibility index (Phi) is 5.52. The Morgan fingerprint density at radius 3 is 2.50 bits per heavy atom. The summed E-state index contributed by atoms with van der Waals surface area (Å²) in [4.78, 5) is 28.7. The van der Waals surface area contributed by atoms with E-state index in [2.05, 4.69) is 15.4 Å². The summed E-state index contributed by atoms with van der Waals surface area (Å²) in [5.41, 5.74) is -0.911. The molecule has 2 aromatic carbocycles. The van der Waals surface area contributed by atoms with Gasteiger partial charge in [0.1, 0.15) is 5.69 Å². The van der Waals surface area contributed by atoms with E-state index in [1.54, 1.807) is 31.2 Å². The quantitative estimate of drug-likeness (QED) is 0.429. The Morgan fingerprint density at radius 2 is 1.84 bits per heavy atom. The summed E-state index contributed by atoms with van der Waals surface area (Å²) in [6.07, 6.45) is -4.47. The van der Waals surface area contributed by atoms with E-state index < -0.39 is 17.4 Å². The SMILES string of the molecule is CCC(=O)Nc1cccc(-c2cc(=O)n3[nH]c(C(F)(F)F)c(-c4ccc(Cl)cc4)c3n2)c1. The van der Waals surface area contributed by atoms with Crippen LogP contribution < -0.4 is 10.9 Å². The number of halogens is 4.